The Morgan fingerprint density at radius 3 is 2.68 bits per heavy atom. The van der Waals surface area contributed by atoms with E-state index in [2.05, 4.69) is 10.1 Å². The van der Waals surface area contributed by atoms with E-state index in [9.17, 15) is 14.7 Å². The van der Waals surface area contributed by atoms with Gasteiger partial charge >= 0.3 is 5.97 Å². The number of aliphatic hydroxyl groups excluding tert-OH is 1. The van der Waals surface area contributed by atoms with Crippen molar-refractivity contribution in [3.05, 3.63) is 42.0 Å². The van der Waals surface area contributed by atoms with E-state index in [-0.39, 0.29) is 18.9 Å². The van der Waals surface area contributed by atoms with Crippen LogP contribution in [0, 0.1) is 0 Å². The molecule has 5 heteroatoms. The van der Waals surface area contributed by atoms with E-state index in [4.69, 9.17) is 0 Å². The summed E-state index contributed by atoms with van der Waals surface area (Å²) in [5, 5.41) is 11.9. The second-order valence-corrected chi connectivity index (χ2v) is 3.92. The number of aliphatic hydroxyl groups is 1. The van der Waals surface area contributed by atoms with Gasteiger partial charge in [-0.15, -0.1) is 0 Å². The van der Waals surface area contributed by atoms with Gasteiger partial charge in [-0.2, -0.15) is 0 Å². The van der Waals surface area contributed by atoms with Crippen LogP contribution in [-0.2, 0) is 14.3 Å². The number of ether oxygens (including phenoxy) is 1. The van der Waals surface area contributed by atoms with Crippen LogP contribution < -0.4 is 5.32 Å². The first-order valence-electron chi connectivity index (χ1n) is 5.87. The van der Waals surface area contributed by atoms with Gasteiger partial charge in [-0.05, 0) is 11.6 Å². The number of rotatable bonds is 6. The van der Waals surface area contributed by atoms with Crippen molar-refractivity contribution in [1.29, 1.82) is 0 Å². The molecule has 1 unspecified atom stereocenters. The molecule has 0 spiro atoms. The molecule has 1 atom stereocenters. The van der Waals surface area contributed by atoms with Crippen molar-refractivity contribution in [2.24, 2.45) is 0 Å². The molecule has 1 aromatic carbocycles. The summed E-state index contributed by atoms with van der Waals surface area (Å²) in [7, 11) is 1.25. The number of hydrogen-bond acceptors (Lipinski definition) is 4. The largest absolute Gasteiger partial charge is 0.469 e. The molecule has 102 valence electrons. The molecule has 0 saturated heterocycles. The van der Waals surface area contributed by atoms with Crippen molar-refractivity contribution in [3.8, 4) is 0 Å². The standard InChI is InChI=1S/C14H17NO4/c1-19-14(18)9-12(16)10-15-13(17)8-7-11-5-3-2-4-6-11/h2-8,12,16H,9-10H2,1H3,(H,15,17)/b8-7+. The number of methoxy groups -OCH3 is 1. The van der Waals surface area contributed by atoms with Gasteiger partial charge in [-0.1, -0.05) is 30.3 Å². The lowest BCUT2D eigenvalue weighted by molar-refractivity contribution is -0.143. The van der Waals surface area contributed by atoms with Crippen LogP contribution in [0.2, 0.25) is 0 Å². The summed E-state index contributed by atoms with van der Waals surface area (Å²) in [6.45, 7) is 0.00701. The molecule has 0 heterocycles. The SMILES string of the molecule is COC(=O)CC(O)CNC(=O)/C=C/c1ccccc1. The van der Waals surface area contributed by atoms with Crippen LogP contribution in [0.4, 0.5) is 0 Å². The molecule has 0 saturated carbocycles. The fraction of sp³-hybridized carbons (Fsp3) is 0.286. The molecule has 5 nitrogen and oxygen atoms in total. The van der Waals surface area contributed by atoms with E-state index in [0.29, 0.717) is 0 Å². The molecule has 0 aromatic heterocycles. The molecule has 0 aliphatic heterocycles. The predicted molar refractivity (Wildman–Crippen MR) is 71.1 cm³/mol. The van der Waals surface area contributed by atoms with E-state index < -0.39 is 12.1 Å². The summed E-state index contributed by atoms with van der Waals surface area (Å²) in [4.78, 5) is 22.3. The van der Waals surface area contributed by atoms with Crippen LogP contribution in [0.5, 0.6) is 0 Å². The fourth-order valence-electron chi connectivity index (χ4n) is 1.36. The Morgan fingerprint density at radius 1 is 1.37 bits per heavy atom. The van der Waals surface area contributed by atoms with Gasteiger partial charge in [0, 0.05) is 12.6 Å². The molecule has 0 aliphatic carbocycles. The van der Waals surface area contributed by atoms with E-state index in [0.717, 1.165) is 5.56 Å². The van der Waals surface area contributed by atoms with Crippen LogP contribution in [0.15, 0.2) is 36.4 Å². The number of carbonyl (C=O) groups excluding carboxylic acids is 2. The fourth-order valence-corrected chi connectivity index (χ4v) is 1.36. The van der Waals surface area contributed by atoms with Gasteiger partial charge in [0.1, 0.15) is 0 Å². The first kappa shape index (κ1) is 14.9. The van der Waals surface area contributed by atoms with E-state index >= 15 is 0 Å². The van der Waals surface area contributed by atoms with E-state index in [1.165, 1.54) is 13.2 Å². The highest BCUT2D eigenvalue weighted by molar-refractivity contribution is 5.91. The zero-order valence-electron chi connectivity index (χ0n) is 10.7. The summed E-state index contributed by atoms with van der Waals surface area (Å²) in [5.74, 6) is -0.839. The van der Waals surface area contributed by atoms with Crippen molar-refractivity contribution in [2.75, 3.05) is 13.7 Å². The Kier molecular flexibility index (Phi) is 6.32. The molecule has 0 aliphatic rings. The highest BCUT2D eigenvalue weighted by Gasteiger charge is 2.11. The Labute approximate surface area is 111 Å². The summed E-state index contributed by atoms with van der Waals surface area (Å²) < 4.78 is 4.41. The number of esters is 1. The highest BCUT2D eigenvalue weighted by atomic mass is 16.5. The van der Waals surface area contributed by atoms with Gasteiger partial charge in [0.05, 0.1) is 19.6 Å². The summed E-state index contributed by atoms with van der Waals surface area (Å²) >= 11 is 0. The van der Waals surface area contributed by atoms with Crippen LogP contribution in [0.1, 0.15) is 12.0 Å². The number of carbonyl (C=O) groups is 2. The summed E-state index contributed by atoms with van der Waals surface area (Å²) in [6, 6.07) is 9.38. The third-order valence-corrected chi connectivity index (χ3v) is 2.37. The lowest BCUT2D eigenvalue weighted by Crippen LogP contribution is -2.32. The number of benzene rings is 1. The minimum atomic E-state index is -0.943. The predicted octanol–water partition coefficient (Wildman–Crippen LogP) is 0.740. The van der Waals surface area contributed by atoms with Crippen molar-refractivity contribution in [2.45, 2.75) is 12.5 Å². The first-order chi connectivity index (χ1) is 9.11. The second kappa shape index (κ2) is 8.05. The molecule has 0 bridgehead atoms. The van der Waals surface area contributed by atoms with Crippen LogP contribution in [-0.4, -0.2) is 36.7 Å². The minimum Gasteiger partial charge on any atom is -0.469 e. The Bertz CT molecular complexity index is 442. The van der Waals surface area contributed by atoms with Crippen molar-refractivity contribution in [1.82, 2.24) is 5.32 Å². The van der Waals surface area contributed by atoms with Crippen molar-refractivity contribution >= 4 is 18.0 Å². The summed E-state index contributed by atoms with van der Waals surface area (Å²) in [6.07, 6.45) is 1.96. The Morgan fingerprint density at radius 2 is 2.05 bits per heavy atom. The average Bonchev–Trinajstić information content (AvgIpc) is 2.43. The normalized spacial score (nSPS) is 12.1. The van der Waals surface area contributed by atoms with Crippen LogP contribution in [0.25, 0.3) is 6.08 Å². The number of hydrogen-bond donors (Lipinski definition) is 2. The van der Waals surface area contributed by atoms with Crippen LogP contribution >= 0.6 is 0 Å². The molecule has 1 amide bonds. The van der Waals surface area contributed by atoms with Gasteiger partial charge in [0.15, 0.2) is 0 Å². The number of nitrogens with one attached hydrogen (secondary N) is 1. The third kappa shape index (κ3) is 6.38. The highest BCUT2D eigenvalue weighted by Crippen LogP contribution is 2.00. The third-order valence-electron chi connectivity index (χ3n) is 2.37. The topological polar surface area (TPSA) is 75.6 Å². The van der Waals surface area contributed by atoms with Gasteiger partial charge < -0.3 is 15.2 Å². The zero-order chi connectivity index (χ0) is 14.1. The maximum Gasteiger partial charge on any atom is 0.308 e. The quantitative estimate of drug-likeness (QED) is 0.586. The summed E-state index contributed by atoms with van der Waals surface area (Å²) in [5.41, 5.74) is 0.910. The zero-order valence-corrected chi connectivity index (χ0v) is 10.7. The molecule has 2 N–H and O–H groups in total. The van der Waals surface area contributed by atoms with Crippen molar-refractivity contribution in [3.63, 3.8) is 0 Å². The average molecular weight is 263 g/mol. The smallest absolute Gasteiger partial charge is 0.308 e. The molecule has 1 aromatic rings. The van der Waals surface area contributed by atoms with E-state index in [1.54, 1.807) is 6.08 Å². The minimum absolute atomic E-state index is 0.00701. The molecule has 19 heavy (non-hydrogen) atoms. The molecular formula is C14H17NO4. The number of amides is 1. The maximum absolute atomic E-state index is 11.5. The molecule has 1 rings (SSSR count). The van der Waals surface area contributed by atoms with Crippen LogP contribution in [0.3, 0.4) is 0 Å². The molecular weight excluding hydrogens is 246 g/mol. The van der Waals surface area contributed by atoms with Gasteiger partial charge in [-0.25, -0.2) is 0 Å². The lowest BCUT2D eigenvalue weighted by atomic mass is 10.2. The van der Waals surface area contributed by atoms with Crippen molar-refractivity contribution < 1.29 is 19.4 Å². The second-order valence-electron chi connectivity index (χ2n) is 3.92. The van der Waals surface area contributed by atoms with Gasteiger partial charge in [-0.3, -0.25) is 9.59 Å². The Balaban J connectivity index is 2.32. The van der Waals surface area contributed by atoms with Gasteiger partial charge in [0.2, 0.25) is 5.91 Å². The maximum atomic E-state index is 11.5. The first-order valence-corrected chi connectivity index (χ1v) is 5.87. The Hall–Kier alpha value is -2.14. The monoisotopic (exact) mass is 263 g/mol. The molecule has 0 radical (unpaired) electrons. The lowest BCUT2D eigenvalue weighted by Gasteiger charge is -2.09. The van der Waals surface area contributed by atoms with E-state index in [1.807, 2.05) is 30.3 Å². The molecule has 0 fully saturated rings. The van der Waals surface area contributed by atoms with Gasteiger partial charge in [0.25, 0.3) is 0 Å².